The topological polar surface area (TPSA) is 67.3 Å². The van der Waals surface area contributed by atoms with Gasteiger partial charge in [0, 0.05) is 72.5 Å². The average Bonchev–Trinajstić information content (AvgIpc) is 3.06. The summed E-state index contributed by atoms with van der Waals surface area (Å²) in [5.41, 5.74) is 4.84. The van der Waals surface area contributed by atoms with Crippen molar-refractivity contribution in [1.82, 2.24) is 9.88 Å². The van der Waals surface area contributed by atoms with Crippen LogP contribution < -0.4 is 9.64 Å². The molecule has 0 saturated carbocycles. The number of hydrogen-bond donors (Lipinski definition) is 0. The van der Waals surface area contributed by atoms with Crippen LogP contribution in [0.2, 0.25) is 5.02 Å². The Labute approximate surface area is 301 Å². The number of aryl methyl sites for hydroxylation is 1. The molecule has 0 unspecified atom stereocenters. The molecule has 0 atom stereocenters. The van der Waals surface area contributed by atoms with E-state index in [1.807, 2.05) is 51.3 Å². The monoisotopic (exact) mass is 869 g/mol. The molecule has 0 aliphatic carbocycles. The minimum atomic E-state index is -0.392. The van der Waals surface area contributed by atoms with Crippen LogP contribution in [0.3, 0.4) is 0 Å². The molecule has 1 aliphatic heterocycles. The minimum Gasteiger partial charge on any atom is -0.473 e. The van der Waals surface area contributed by atoms with Gasteiger partial charge in [0.05, 0.1) is 18.5 Å². The predicted octanol–water partition coefficient (Wildman–Crippen LogP) is 7.47. The normalized spacial score (nSPS) is 13.5. The molecule has 4 rings (SSSR count). The van der Waals surface area contributed by atoms with Crippen LogP contribution in [-0.2, 0) is 16.2 Å². The second kappa shape index (κ2) is 20.2. The van der Waals surface area contributed by atoms with Crippen molar-refractivity contribution < 1.29 is 49.9 Å². The molecule has 242 valence electrons. The van der Waals surface area contributed by atoms with E-state index in [4.69, 9.17) is 26.2 Å². The maximum absolute atomic E-state index is 14.1. The number of aromatic nitrogens is 1. The third kappa shape index (κ3) is 11.9. The van der Waals surface area contributed by atoms with Gasteiger partial charge in [-0.1, -0.05) is 48.0 Å². The molecule has 3 aromatic rings. The van der Waals surface area contributed by atoms with Crippen LogP contribution in [0, 0.1) is 56.7 Å². The van der Waals surface area contributed by atoms with Crippen molar-refractivity contribution in [2.24, 2.45) is 5.16 Å². The maximum atomic E-state index is 14.1. The molecule has 1 fully saturated rings. The second-order valence-corrected chi connectivity index (χ2v) is 11.3. The maximum Gasteiger partial charge on any atom is 0.213 e. The van der Waals surface area contributed by atoms with Gasteiger partial charge in [0.1, 0.15) is 18.2 Å². The molecule has 0 spiro atoms. The Bertz CT molecular complexity index is 1490. The summed E-state index contributed by atoms with van der Waals surface area (Å²) >= 11 is 5.85. The molecule has 0 amide bonds. The number of piperidine rings is 1. The zero-order valence-corrected chi connectivity index (χ0v) is 31.7. The van der Waals surface area contributed by atoms with E-state index in [9.17, 15) is 9.18 Å². The summed E-state index contributed by atoms with van der Waals surface area (Å²) in [7, 11) is 0. The number of likely N-dealkylation sites (tertiary alicyclic amines) is 1. The first-order valence-corrected chi connectivity index (χ1v) is 15.3. The number of hydrogen-bond acceptors (Lipinski definition) is 7. The van der Waals surface area contributed by atoms with Gasteiger partial charge >= 0.3 is 0 Å². The zero-order chi connectivity index (χ0) is 32.8. The van der Waals surface area contributed by atoms with E-state index < -0.39 is 5.82 Å². The van der Waals surface area contributed by atoms with Crippen molar-refractivity contribution >= 4 is 29.3 Å². The fraction of sp³-hybridized carbons (Fsp3) is 0.361. The van der Waals surface area contributed by atoms with Gasteiger partial charge in [-0.25, -0.2) is 9.37 Å². The molecular weight excluding hydrogens is 829 g/mol. The van der Waals surface area contributed by atoms with Gasteiger partial charge in [-0.15, -0.1) is 30.5 Å². The molecule has 10 heteroatoms. The minimum absolute atomic E-state index is 0. The van der Waals surface area contributed by atoms with Crippen LogP contribution in [0.1, 0.15) is 61.4 Å². The van der Waals surface area contributed by atoms with E-state index in [0.29, 0.717) is 40.3 Å². The van der Waals surface area contributed by atoms with E-state index in [1.165, 1.54) is 6.07 Å². The average molecular weight is 870 g/mol. The number of rotatable bonds is 14. The number of terminal acetylenes is 1. The first-order valence-electron chi connectivity index (χ1n) is 15.0. The number of benzene rings is 2. The molecule has 2 aromatic carbocycles. The smallest absolute Gasteiger partial charge is 0.213 e. The van der Waals surface area contributed by atoms with Crippen molar-refractivity contribution in [3.8, 4) is 18.7 Å². The zero-order valence-electron chi connectivity index (χ0n) is 26.8. The second-order valence-electron chi connectivity index (χ2n) is 10.9. The van der Waals surface area contributed by atoms with E-state index in [2.05, 4.69) is 34.4 Å². The first kappa shape index (κ1) is 39.0. The summed E-state index contributed by atoms with van der Waals surface area (Å²) in [5.74, 6) is 0.948. The predicted molar refractivity (Wildman–Crippen MR) is 180 cm³/mol. The molecular formula is C36H41ClFN4O3U-. The number of halogens is 2. The van der Waals surface area contributed by atoms with Crippen LogP contribution in [0.4, 0.5) is 10.1 Å². The summed E-state index contributed by atoms with van der Waals surface area (Å²) in [6.07, 6.45) is 12.7. The molecule has 2 heterocycles. The Morgan fingerprint density at radius 2 is 1.93 bits per heavy atom. The Kier molecular flexibility index (Phi) is 17.1. The van der Waals surface area contributed by atoms with Crippen molar-refractivity contribution in [3.63, 3.8) is 0 Å². The first-order chi connectivity index (χ1) is 21.7. The summed E-state index contributed by atoms with van der Waals surface area (Å²) in [6.45, 7) is 14.0. The molecule has 1 saturated heterocycles. The van der Waals surface area contributed by atoms with Crippen LogP contribution in [-0.4, -0.2) is 54.6 Å². The SMILES string of the molecule is C#C.C=C(CN(CCN1CCC(c2cccc(OCc3ccc(Cl)cc3F)n2)CC1)c1cc([C-]=O)ccc1C)O/N=C(\C)CC.[U]. The quantitative estimate of drug-likeness (QED) is 0.0551. The Morgan fingerprint density at radius 3 is 2.61 bits per heavy atom. The summed E-state index contributed by atoms with van der Waals surface area (Å²) in [6, 6.07) is 15.9. The molecule has 7 nitrogen and oxygen atoms in total. The summed E-state index contributed by atoms with van der Waals surface area (Å²) in [5, 5.41) is 4.51. The molecule has 46 heavy (non-hydrogen) atoms. The third-order valence-corrected chi connectivity index (χ3v) is 7.94. The van der Waals surface area contributed by atoms with Gasteiger partial charge in [-0.05, 0) is 70.1 Å². The number of oxime groups is 1. The van der Waals surface area contributed by atoms with E-state index >= 15 is 0 Å². The molecule has 1 aliphatic rings. The van der Waals surface area contributed by atoms with Crippen LogP contribution in [0.15, 0.2) is 72.1 Å². The number of anilines is 1. The van der Waals surface area contributed by atoms with Gasteiger partial charge in [-0.3, -0.25) is 0 Å². The fourth-order valence-electron chi connectivity index (χ4n) is 4.99. The van der Waals surface area contributed by atoms with Gasteiger partial charge in [-0.2, -0.15) is 6.07 Å². The van der Waals surface area contributed by atoms with E-state index in [0.717, 1.165) is 68.1 Å². The number of ether oxygens (including phenoxy) is 1. The summed E-state index contributed by atoms with van der Waals surface area (Å²) < 4.78 is 19.9. The van der Waals surface area contributed by atoms with Gasteiger partial charge in [0.2, 0.25) is 5.88 Å². The van der Waals surface area contributed by atoms with Gasteiger partial charge in [0.25, 0.3) is 0 Å². The van der Waals surface area contributed by atoms with Crippen LogP contribution in [0.25, 0.3) is 0 Å². The standard InChI is InChI=1S/C34H39ClFN4O3.C2H2.U/c1-5-25(3)38-43-26(4)21-40(33-19-27(22-41)10-9-24(33)2)18-17-39-15-13-28(14-16-39)32-7-6-8-34(37-32)42-23-29-11-12-30(35)20-31(29)36;1-2;/h6-12,19-20,28H,4-5,13-18,21,23H2,1-3H3;1-2H;/q-1;;/b38-25+;;. The van der Waals surface area contributed by atoms with Crippen LogP contribution >= 0.6 is 11.6 Å². The Hall–Kier alpha value is -3.14. The van der Waals surface area contributed by atoms with Crippen molar-refractivity contribution in [2.45, 2.75) is 52.6 Å². The van der Waals surface area contributed by atoms with E-state index in [1.54, 1.807) is 24.3 Å². The fourth-order valence-corrected chi connectivity index (χ4v) is 5.15. The van der Waals surface area contributed by atoms with Gasteiger partial charge < -0.3 is 24.2 Å². The number of carbonyl (C=O) groups excluding carboxylic acids is 1. The molecule has 0 radical (unpaired) electrons. The summed E-state index contributed by atoms with van der Waals surface area (Å²) in [4.78, 5) is 26.3. The van der Waals surface area contributed by atoms with Crippen molar-refractivity contribution in [1.29, 1.82) is 0 Å². The largest absolute Gasteiger partial charge is 0.473 e. The van der Waals surface area contributed by atoms with Crippen LogP contribution in [0.5, 0.6) is 5.88 Å². The number of nitrogens with zero attached hydrogens (tertiary/aromatic N) is 4. The molecule has 1 aromatic heterocycles. The van der Waals surface area contributed by atoms with E-state index in [-0.39, 0.29) is 37.7 Å². The third-order valence-electron chi connectivity index (χ3n) is 7.70. The van der Waals surface area contributed by atoms with Gasteiger partial charge in [0.15, 0.2) is 0 Å². The van der Waals surface area contributed by atoms with Crippen molar-refractivity contribution in [2.75, 3.05) is 37.6 Å². The van der Waals surface area contributed by atoms with Crippen molar-refractivity contribution in [3.05, 3.63) is 100 Å². The number of pyridine rings is 1. The Morgan fingerprint density at radius 1 is 1.20 bits per heavy atom. The Balaban J connectivity index is 0.00000241. The molecule has 0 N–H and O–H groups in total. The molecule has 0 bridgehead atoms.